The van der Waals surface area contributed by atoms with E-state index in [1.54, 1.807) is 0 Å². The molecule has 2 heteroatoms. The molecule has 4 aromatic rings. The number of rotatable bonds is 5. The molecule has 0 saturated heterocycles. The van der Waals surface area contributed by atoms with Crippen LogP contribution in [0.5, 0.6) is 0 Å². The van der Waals surface area contributed by atoms with Gasteiger partial charge in [0.1, 0.15) is 7.85 Å². The van der Waals surface area contributed by atoms with Crippen LogP contribution >= 0.6 is 0 Å². The quantitative estimate of drug-likeness (QED) is 0.265. The van der Waals surface area contributed by atoms with Gasteiger partial charge in [-0.2, -0.15) is 0 Å². The second kappa shape index (κ2) is 11.5. The fourth-order valence-electron chi connectivity index (χ4n) is 4.51. The molecule has 37 heavy (non-hydrogen) atoms. The van der Waals surface area contributed by atoms with E-state index in [9.17, 15) is 0 Å². The Bertz CT molecular complexity index is 1490. The van der Waals surface area contributed by atoms with E-state index in [4.69, 9.17) is 0 Å². The van der Waals surface area contributed by atoms with Gasteiger partial charge in [0.25, 0.3) is 0 Å². The highest BCUT2D eigenvalue weighted by molar-refractivity contribution is 6.32. The van der Waals surface area contributed by atoms with Crippen molar-refractivity contribution in [3.63, 3.8) is 0 Å². The number of benzene rings is 4. The van der Waals surface area contributed by atoms with Crippen molar-refractivity contribution in [3.8, 4) is 22.3 Å². The van der Waals surface area contributed by atoms with E-state index in [0.29, 0.717) is 0 Å². The summed E-state index contributed by atoms with van der Waals surface area (Å²) in [4.78, 5) is 2.35. The molecule has 1 nitrogen and oxygen atoms in total. The smallest absolute Gasteiger partial charge is 0.139 e. The van der Waals surface area contributed by atoms with Gasteiger partial charge in [-0.15, -0.1) is 0 Å². The zero-order valence-corrected chi connectivity index (χ0v) is 21.2. The van der Waals surface area contributed by atoms with Crippen LogP contribution in [0.25, 0.3) is 22.3 Å². The lowest BCUT2D eigenvalue weighted by Gasteiger charge is -2.29. The van der Waals surface area contributed by atoms with Crippen molar-refractivity contribution in [1.82, 2.24) is 0 Å². The van der Waals surface area contributed by atoms with E-state index >= 15 is 0 Å². The summed E-state index contributed by atoms with van der Waals surface area (Å²) in [7, 11) is 2.13. The molecule has 0 saturated carbocycles. The van der Waals surface area contributed by atoms with Gasteiger partial charge in [-0.3, -0.25) is 0 Å². The summed E-state index contributed by atoms with van der Waals surface area (Å²) in [6.07, 6.45) is 15.7. The van der Waals surface area contributed by atoms with E-state index in [-0.39, 0.29) is 0 Å². The molecule has 0 radical (unpaired) electrons. The molecule has 0 bridgehead atoms. The Morgan fingerprint density at radius 2 is 1.30 bits per heavy atom. The first-order valence-corrected chi connectivity index (χ1v) is 12.7. The Kier molecular flexibility index (Phi) is 7.48. The highest BCUT2D eigenvalue weighted by atomic mass is 15.1. The Balaban J connectivity index is 1.66. The maximum atomic E-state index is 4.19. The summed E-state index contributed by atoms with van der Waals surface area (Å²) in [5.41, 5.74) is 10.4. The summed E-state index contributed by atoms with van der Waals surface area (Å²) in [5, 5.41) is 0. The molecule has 0 aromatic heterocycles. The summed E-state index contributed by atoms with van der Waals surface area (Å²) < 4.78 is 0. The monoisotopic (exact) mass is 475 g/mol. The first kappa shape index (κ1) is 24.2. The minimum Gasteiger partial charge on any atom is -0.310 e. The van der Waals surface area contributed by atoms with Crippen molar-refractivity contribution in [3.05, 3.63) is 164 Å². The second-order valence-corrected chi connectivity index (χ2v) is 9.19. The second-order valence-electron chi connectivity index (χ2n) is 9.19. The number of allylic oxidation sites excluding steroid dienone is 8. The fraction of sp³-hybridized carbons (Fsp3) is 0.0286. The van der Waals surface area contributed by atoms with Crippen LogP contribution < -0.4 is 10.4 Å². The van der Waals surface area contributed by atoms with Gasteiger partial charge >= 0.3 is 0 Å². The van der Waals surface area contributed by atoms with Crippen molar-refractivity contribution in [1.29, 1.82) is 0 Å². The van der Waals surface area contributed by atoms with Gasteiger partial charge in [0, 0.05) is 16.9 Å². The molecule has 178 valence electrons. The standard InChI is InChI=1S/C35H30BN/c1-27-11-5-2-3-8-14-32(24-17-27)37(33-25-20-29(21-26-33)28-12-6-4-7-13-28)35-16-10-9-15-34(35)30-18-22-31(36)23-19-30/h2-7,9-26H,1,8,36H2/b3-2-,11-5-,24-17-,32-14+. The van der Waals surface area contributed by atoms with Crippen LogP contribution in [0.4, 0.5) is 11.4 Å². The number of hydrogen-bond acceptors (Lipinski definition) is 1. The molecule has 0 spiro atoms. The zero-order valence-electron chi connectivity index (χ0n) is 21.2. The van der Waals surface area contributed by atoms with Gasteiger partial charge in [0.15, 0.2) is 0 Å². The summed E-state index contributed by atoms with van der Waals surface area (Å²) >= 11 is 0. The van der Waals surface area contributed by atoms with Crippen molar-refractivity contribution in [2.45, 2.75) is 6.42 Å². The molecule has 4 aromatic carbocycles. The first-order chi connectivity index (χ1) is 18.2. The molecule has 1 aliphatic rings. The van der Waals surface area contributed by atoms with Crippen LogP contribution in [0.2, 0.25) is 0 Å². The Morgan fingerprint density at radius 3 is 2.08 bits per heavy atom. The highest BCUT2D eigenvalue weighted by Gasteiger charge is 2.17. The third kappa shape index (κ3) is 5.82. The Morgan fingerprint density at radius 1 is 0.622 bits per heavy atom. The Labute approximate surface area is 221 Å². The number of nitrogens with zero attached hydrogens (tertiary/aromatic N) is 1. The number of anilines is 2. The van der Waals surface area contributed by atoms with Crippen LogP contribution in [0, 0.1) is 0 Å². The molecular formula is C35H30BN. The average molecular weight is 475 g/mol. The third-order valence-corrected chi connectivity index (χ3v) is 6.49. The van der Waals surface area contributed by atoms with Gasteiger partial charge in [0.05, 0.1) is 5.69 Å². The molecule has 0 aliphatic heterocycles. The van der Waals surface area contributed by atoms with E-state index in [0.717, 1.165) is 29.1 Å². The van der Waals surface area contributed by atoms with Crippen LogP contribution in [-0.4, -0.2) is 7.85 Å². The number of hydrogen-bond donors (Lipinski definition) is 0. The summed E-state index contributed by atoms with van der Waals surface area (Å²) in [6.45, 7) is 4.19. The van der Waals surface area contributed by atoms with Crippen LogP contribution in [0.15, 0.2) is 164 Å². The summed E-state index contributed by atoms with van der Waals surface area (Å²) in [6, 6.07) is 36.8. The molecule has 0 N–H and O–H groups in total. The van der Waals surface area contributed by atoms with Gasteiger partial charge in [-0.05, 0) is 53.0 Å². The molecule has 1 aliphatic carbocycles. The lowest BCUT2D eigenvalue weighted by molar-refractivity contribution is 1.18. The van der Waals surface area contributed by atoms with E-state index in [2.05, 4.69) is 153 Å². The van der Waals surface area contributed by atoms with Gasteiger partial charge in [0.2, 0.25) is 0 Å². The summed E-state index contributed by atoms with van der Waals surface area (Å²) in [5.74, 6) is 0. The molecule has 0 unspecified atom stereocenters. The van der Waals surface area contributed by atoms with E-state index in [1.165, 1.54) is 27.7 Å². The van der Waals surface area contributed by atoms with E-state index < -0.39 is 0 Å². The largest absolute Gasteiger partial charge is 0.310 e. The average Bonchev–Trinajstić information content (AvgIpc) is 2.95. The maximum Gasteiger partial charge on any atom is 0.139 e. The lowest BCUT2D eigenvalue weighted by atomic mass is 9.93. The minimum atomic E-state index is 0.835. The van der Waals surface area contributed by atoms with Crippen LogP contribution in [0.3, 0.4) is 0 Å². The van der Waals surface area contributed by atoms with Gasteiger partial charge in [-0.1, -0.05) is 133 Å². The van der Waals surface area contributed by atoms with Crippen molar-refractivity contribution in [2.24, 2.45) is 0 Å². The molecule has 0 heterocycles. The molecule has 0 atom stereocenters. The lowest BCUT2D eigenvalue weighted by Crippen LogP contribution is -2.16. The fourth-order valence-corrected chi connectivity index (χ4v) is 4.51. The van der Waals surface area contributed by atoms with Crippen LogP contribution in [0.1, 0.15) is 6.42 Å². The van der Waals surface area contributed by atoms with Crippen molar-refractivity contribution < 1.29 is 0 Å². The molecule has 5 rings (SSSR count). The molecule has 0 amide bonds. The van der Waals surface area contributed by atoms with Gasteiger partial charge < -0.3 is 4.90 Å². The van der Waals surface area contributed by atoms with Crippen LogP contribution in [-0.2, 0) is 0 Å². The van der Waals surface area contributed by atoms with Crippen molar-refractivity contribution in [2.75, 3.05) is 4.90 Å². The SMILES string of the molecule is Bc1ccc(-c2ccccc2N(C2=C/C/C=C\C=C/C(=C)/C=C\2)c2ccc(-c3ccccc3)cc2)cc1. The third-order valence-electron chi connectivity index (χ3n) is 6.49. The van der Waals surface area contributed by atoms with Gasteiger partial charge in [-0.25, -0.2) is 0 Å². The number of para-hydroxylation sites is 1. The molecule has 0 fully saturated rings. The van der Waals surface area contributed by atoms with E-state index in [1.807, 2.05) is 12.2 Å². The predicted octanol–water partition coefficient (Wildman–Crippen LogP) is 7.93. The highest BCUT2D eigenvalue weighted by Crippen LogP contribution is 2.39. The topological polar surface area (TPSA) is 3.24 Å². The maximum absolute atomic E-state index is 4.19. The predicted molar refractivity (Wildman–Crippen MR) is 163 cm³/mol. The normalized spacial score (nSPS) is 17.3. The Hall–Kier alpha value is -4.56. The first-order valence-electron chi connectivity index (χ1n) is 12.7. The zero-order chi connectivity index (χ0) is 25.5. The van der Waals surface area contributed by atoms with Crippen molar-refractivity contribution >= 4 is 24.7 Å². The minimum absolute atomic E-state index is 0.835. The molecular weight excluding hydrogens is 445 g/mol.